The van der Waals surface area contributed by atoms with Crippen LogP contribution in [0.1, 0.15) is 10.8 Å². The second kappa shape index (κ2) is 5.00. The summed E-state index contributed by atoms with van der Waals surface area (Å²) < 4.78 is 44.5. The molecule has 2 heterocycles. The summed E-state index contributed by atoms with van der Waals surface area (Å²) in [6.45, 7) is 1.59. The normalized spacial score (nSPS) is 11.8. The number of hydrogen-bond donors (Lipinski definition) is 0. The van der Waals surface area contributed by atoms with E-state index in [1.165, 1.54) is 6.07 Å². The van der Waals surface area contributed by atoms with Crippen molar-refractivity contribution in [3.8, 4) is 21.8 Å². The Kier molecular flexibility index (Phi) is 3.29. The average Bonchev–Trinajstić information content (AvgIpc) is 3.05. The maximum absolute atomic E-state index is 13.2. The fourth-order valence-corrected chi connectivity index (χ4v) is 2.92. The van der Waals surface area contributed by atoms with Crippen LogP contribution in [0.5, 0.6) is 0 Å². The number of alkyl halides is 3. The Morgan fingerprint density at radius 1 is 1.14 bits per heavy atom. The molecule has 0 atom stereocenters. The predicted octanol–water partition coefficient (Wildman–Crippen LogP) is 4.79. The van der Waals surface area contributed by atoms with Crippen molar-refractivity contribution < 1.29 is 17.7 Å². The fraction of sp³-hybridized carbons (Fsp3) is 0.143. The van der Waals surface area contributed by atoms with E-state index in [1.54, 1.807) is 37.3 Å². The summed E-state index contributed by atoms with van der Waals surface area (Å²) >= 11 is 0.618. The van der Waals surface area contributed by atoms with E-state index < -0.39 is 11.1 Å². The lowest BCUT2D eigenvalue weighted by molar-refractivity contribution is -0.133. The van der Waals surface area contributed by atoms with Gasteiger partial charge in [0.2, 0.25) is 11.7 Å². The molecule has 21 heavy (non-hydrogen) atoms. The van der Waals surface area contributed by atoms with E-state index >= 15 is 0 Å². The Hall–Kier alpha value is -2.15. The van der Waals surface area contributed by atoms with Crippen molar-refractivity contribution in [2.24, 2.45) is 0 Å². The first-order valence-electron chi connectivity index (χ1n) is 6.02. The van der Waals surface area contributed by atoms with Crippen LogP contribution in [0.25, 0.3) is 21.8 Å². The average molecular weight is 310 g/mol. The summed E-state index contributed by atoms with van der Waals surface area (Å²) in [4.78, 5) is 3.65. The molecule has 0 aliphatic rings. The van der Waals surface area contributed by atoms with Crippen LogP contribution < -0.4 is 0 Å². The van der Waals surface area contributed by atoms with Gasteiger partial charge in [-0.15, -0.1) is 11.3 Å². The van der Waals surface area contributed by atoms with Crippen molar-refractivity contribution >= 4 is 11.3 Å². The standard InChI is InChI=1S/C14H9F3N2OS/c1-8-18-13(19-20-8)11-7-10(9-5-3-2-4-6-9)12(21-11)14(15,16)17/h2-7H,1H3. The number of hydrogen-bond acceptors (Lipinski definition) is 4. The number of aryl methyl sites for hydroxylation is 1. The van der Waals surface area contributed by atoms with E-state index in [2.05, 4.69) is 10.1 Å². The number of halogens is 3. The van der Waals surface area contributed by atoms with E-state index in [9.17, 15) is 13.2 Å². The number of benzene rings is 1. The maximum Gasteiger partial charge on any atom is 0.426 e. The van der Waals surface area contributed by atoms with Gasteiger partial charge < -0.3 is 4.52 Å². The minimum absolute atomic E-state index is 0.130. The molecule has 0 radical (unpaired) electrons. The van der Waals surface area contributed by atoms with E-state index in [0.29, 0.717) is 27.7 Å². The van der Waals surface area contributed by atoms with E-state index in [0.717, 1.165) is 0 Å². The van der Waals surface area contributed by atoms with Gasteiger partial charge in [0.1, 0.15) is 4.88 Å². The Balaban J connectivity index is 2.17. The van der Waals surface area contributed by atoms with Crippen LogP contribution in [0.15, 0.2) is 40.9 Å². The van der Waals surface area contributed by atoms with Crippen LogP contribution in [0.3, 0.4) is 0 Å². The maximum atomic E-state index is 13.2. The molecule has 0 bridgehead atoms. The highest BCUT2D eigenvalue weighted by molar-refractivity contribution is 7.16. The minimum atomic E-state index is -4.42. The molecule has 0 aliphatic carbocycles. The van der Waals surface area contributed by atoms with Gasteiger partial charge in [0, 0.05) is 12.5 Å². The zero-order chi connectivity index (χ0) is 15.0. The van der Waals surface area contributed by atoms with Crippen LogP contribution >= 0.6 is 11.3 Å². The quantitative estimate of drug-likeness (QED) is 0.683. The SMILES string of the molecule is Cc1nc(-c2cc(-c3ccccc3)c(C(F)(F)F)s2)no1. The van der Waals surface area contributed by atoms with Gasteiger partial charge in [-0.25, -0.2) is 0 Å². The molecular weight excluding hydrogens is 301 g/mol. The first-order valence-corrected chi connectivity index (χ1v) is 6.84. The van der Waals surface area contributed by atoms with Crippen LogP contribution in [-0.2, 0) is 6.18 Å². The third-order valence-corrected chi connectivity index (χ3v) is 4.00. The second-order valence-electron chi connectivity index (χ2n) is 4.35. The van der Waals surface area contributed by atoms with Gasteiger partial charge in [-0.05, 0) is 11.6 Å². The number of nitrogens with zero attached hydrogens (tertiary/aromatic N) is 2. The monoisotopic (exact) mass is 310 g/mol. The number of aromatic nitrogens is 2. The first-order chi connectivity index (χ1) is 9.95. The highest BCUT2D eigenvalue weighted by Gasteiger charge is 2.36. The molecule has 108 valence electrons. The lowest BCUT2D eigenvalue weighted by atomic mass is 10.1. The molecular formula is C14H9F3N2OS. The molecule has 3 aromatic rings. The molecule has 0 aliphatic heterocycles. The molecule has 0 fully saturated rings. The smallest absolute Gasteiger partial charge is 0.339 e. The molecule has 3 rings (SSSR count). The molecule has 0 unspecified atom stereocenters. The van der Waals surface area contributed by atoms with Crippen molar-refractivity contribution in [2.75, 3.05) is 0 Å². The van der Waals surface area contributed by atoms with Gasteiger partial charge in [0.25, 0.3) is 0 Å². The van der Waals surface area contributed by atoms with E-state index in [1.807, 2.05) is 0 Å². The van der Waals surface area contributed by atoms with Crippen LogP contribution in [0.2, 0.25) is 0 Å². The molecule has 0 saturated heterocycles. The van der Waals surface area contributed by atoms with Crippen LogP contribution in [0, 0.1) is 6.92 Å². The van der Waals surface area contributed by atoms with Gasteiger partial charge >= 0.3 is 6.18 Å². The van der Waals surface area contributed by atoms with Crippen LogP contribution in [-0.4, -0.2) is 10.1 Å². The highest BCUT2D eigenvalue weighted by atomic mass is 32.1. The van der Waals surface area contributed by atoms with Gasteiger partial charge in [-0.1, -0.05) is 35.5 Å². The third-order valence-electron chi connectivity index (χ3n) is 2.82. The summed E-state index contributed by atoms with van der Waals surface area (Å²) in [5.41, 5.74) is 0.637. The van der Waals surface area contributed by atoms with E-state index in [4.69, 9.17) is 4.52 Å². The van der Waals surface area contributed by atoms with Crippen molar-refractivity contribution in [3.05, 3.63) is 47.2 Å². The van der Waals surface area contributed by atoms with Crippen molar-refractivity contribution in [1.82, 2.24) is 10.1 Å². The van der Waals surface area contributed by atoms with Gasteiger partial charge in [-0.3, -0.25) is 0 Å². The molecule has 1 aromatic carbocycles. The molecule has 2 aromatic heterocycles. The van der Waals surface area contributed by atoms with Crippen LogP contribution in [0.4, 0.5) is 13.2 Å². The Morgan fingerprint density at radius 2 is 1.86 bits per heavy atom. The van der Waals surface area contributed by atoms with Gasteiger partial charge in [0.15, 0.2) is 0 Å². The molecule has 0 N–H and O–H groups in total. The van der Waals surface area contributed by atoms with Crippen molar-refractivity contribution in [3.63, 3.8) is 0 Å². The lowest BCUT2D eigenvalue weighted by Gasteiger charge is -2.07. The molecule has 0 saturated carbocycles. The highest BCUT2D eigenvalue weighted by Crippen LogP contribution is 2.45. The van der Waals surface area contributed by atoms with Gasteiger partial charge in [0.05, 0.1) is 4.88 Å². The third kappa shape index (κ3) is 2.69. The summed E-state index contributed by atoms with van der Waals surface area (Å²) in [5, 5.41) is 3.67. The van der Waals surface area contributed by atoms with Crippen molar-refractivity contribution in [1.29, 1.82) is 0 Å². The lowest BCUT2D eigenvalue weighted by Crippen LogP contribution is -2.03. The minimum Gasteiger partial charge on any atom is -0.339 e. The van der Waals surface area contributed by atoms with Crippen molar-refractivity contribution in [2.45, 2.75) is 13.1 Å². The molecule has 0 amide bonds. The Labute approximate surface area is 122 Å². The molecule has 0 spiro atoms. The predicted molar refractivity (Wildman–Crippen MR) is 72.8 cm³/mol. The van der Waals surface area contributed by atoms with E-state index in [-0.39, 0.29) is 11.4 Å². The van der Waals surface area contributed by atoms with Gasteiger partial charge in [-0.2, -0.15) is 18.2 Å². The second-order valence-corrected chi connectivity index (χ2v) is 5.41. The zero-order valence-corrected chi connectivity index (χ0v) is 11.6. The number of thiophene rings is 1. The summed E-state index contributed by atoms with van der Waals surface area (Å²) in [6, 6.07) is 9.89. The largest absolute Gasteiger partial charge is 0.426 e. The summed E-state index contributed by atoms with van der Waals surface area (Å²) in [7, 11) is 0. The zero-order valence-electron chi connectivity index (χ0n) is 10.8. The first kappa shape index (κ1) is 13.8. The molecule has 7 heteroatoms. The molecule has 3 nitrogen and oxygen atoms in total. The topological polar surface area (TPSA) is 38.9 Å². The summed E-state index contributed by atoms with van der Waals surface area (Å²) in [6.07, 6.45) is -4.42. The Morgan fingerprint density at radius 3 is 2.43 bits per heavy atom. The fourth-order valence-electron chi connectivity index (χ4n) is 1.94. The number of rotatable bonds is 2. The summed E-state index contributed by atoms with van der Waals surface area (Å²) in [5.74, 6) is 0.485. The Bertz CT molecular complexity index is 762.